The molecule has 0 aromatic carbocycles. The number of ether oxygens (including phenoxy) is 2. The third kappa shape index (κ3) is 8.09. The average molecular weight is 258 g/mol. The number of unbranched alkanes of at least 4 members (excludes halogenated alkanes) is 3. The van der Waals surface area contributed by atoms with Gasteiger partial charge in [0.15, 0.2) is 0 Å². The van der Waals surface area contributed by atoms with Crippen molar-refractivity contribution in [2.45, 2.75) is 58.3 Å². The number of carbonyl (C=O) groups excluding carboxylic acids is 2. The standard InChI is InChI=1S/C14H26O4/c1-4-5-6-7-9-12(14(16)18-3)10-8-11-13(15)17-2/h12H,4-11H2,1-3H3. The van der Waals surface area contributed by atoms with Crippen LogP contribution in [-0.2, 0) is 19.1 Å². The molecule has 4 heteroatoms. The van der Waals surface area contributed by atoms with Crippen LogP contribution >= 0.6 is 0 Å². The summed E-state index contributed by atoms with van der Waals surface area (Å²) in [6, 6.07) is 0. The van der Waals surface area contributed by atoms with Crippen LogP contribution in [0.4, 0.5) is 0 Å². The molecule has 0 fully saturated rings. The van der Waals surface area contributed by atoms with Gasteiger partial charge < -0.3 is 9.47 Å². The van der Waals surface area contributed by atoms with E-state index >= 15 is 0 Å². The molecule has 106 valence electrons. The summed E-state index contributed by atoms with van der Waals surface area (Å²) in [4.78, 5) is 22.6. The van der Waals surface area contributed by atoms with E-state index < -0.39 is 0 Å². The van der Waals surface area contributed by atoms with E-state index in [1.807, 2.05) is 0 Å². The van der Waals surface area contributed by atoms with Gasteiger partial charge in [-0.3, -0.25) is 9.59 Å². The van der Waals surface area contributed by atoms with Crippen LogP contribution in [-0.4, -0.2) is 26.2 Å². The zero-order chi connectivity index (χ0) is 13.8. The summed E-state index contributed by atoms with van der Waals surface area (Å²) in [6.45, 7) is 2.16. The largest absolute Gasteiger partial charge is 0.469 e. The van der Waals surface area contributed by atoms with Gasteiger partial charge in [0.25, 0.3) is 0 Å². The van der Waals surface area contributed by atoms with E-state index in [9.17, 15) is 9.59 Å². The van der Waals surface area contributed by atoms with Gasteiger partial charge in [-0.2, -0.15) is 0 Å². The first-order chi connectivity index (χ1) is 8.65. The molecule has 0 radical (unpaired) electrons. The number of rotatable bonds is 10. The number of methoxy groups -OCH3 is 2. The molecule has 0 aliphatic rings. The summed E-state index contributed by atoms with van der Waals surface area (Å²) in [5, 5.41) is 0. The molecule has 0 aromatic rings. The minimum absolute atomic E-state index is 0.0727. The molecule has 4 nitrogen and oxygen atoms in total. The van der Waals surface area contributed by atoms with Crippen LogP contribution in [0.2, 0.25) is 0 Å². The molecule has 0 saturated carbocycles. The highest BCUT2D eigenvalue weighted by Gasteiger charge is 2.18. The van der Waals surface area contributed by atoms with Gasteiger partial charge in [-0.15, -0.1) is 0 Å². The predicted molar refractivity (Wildman–Crippen MR) is 70.1 cm³/mol. The van der Waals surface area contributed by atoms with Crippen molar-refractivity contribution in [3.8, 4) is 0 Å². The Balaban J connectivity index is 3.92. The maximum atomic E-state index is 11.6. The van der Waals surface area contributed by atoms with Gasteiger partial charge in [-0.05, 0) is 19.3 Å². The van der Waals surface area contributed by atoms with Crippen LogP contribution in [0.15, 0.2) is 0 Å². The molecule has 0 spiro atoms. The lowest BCUT2D eigenvalue weighted by Crippen LogP contribution is -2.17. The molecule has 0 bridgehead atoms. The van der Waals surface area contributed by atoms with Crippen LogP contribution in [0.1, 0.15) is 58.3 Å². The van der Waals surface area contributed by atoms with Crippen molar-refractivity contribution in [1.29, 1.82) is 0 Å². The van der Waals surface area contributed by atoms with Gasteiger partial charge in [0.2, 0.25) is 0 Å². The first-order valence-electron chi connectivity index (χ1n) is 6.80. The fourth-order valence-electron chi connectivity index (χ4n) is 1.96. The maximum Gasteiger partial charge on any atom is 0.308 e. The lowest BCUT2D eigenvalue weighted by atomic mass is 9.95. The Labute approximate surface area is 110 Å². The molecule has 0 rings (SSSR count). The van der Waals surface area contributed by atoms with Crippen molar-refractivity contribution in [1.82, 2.24) is 0 Å². The molecule has 0 heterocycles. The van der Waals surface area contributed by atoms with Crippen LogP contribution in [0.5, 0.6) is 0 Å². The fraction of sp³-hybridized carbons (Fsp3) is 0.857. The Bertz CT molecular complexity index is 238. The number of hydrogen-bond donors (Lipinski definition) is 0. The number of carbonyl (C=O) groups is 2. The van der Waals surface area contributed by atoms with Crippen LogP contribution in [0.3, 0.4) is 0 Å². The average Bonchev–Trinajstić information content (AvgIpc) is 2.40. The molecule has 0 amide bonds. The van der Waals surface area contributed by atoms with Crippen LogP contribution in [0.25, 0.3) is 0 Å². The van der Waals surface area contributed by atoms with Crippen molar-refractivity contribution >= 4 is 11.9 Å². The van der Waals surface area contributed by atoms with Gasteiger partial charge in [0.05, 0.1) is 20.1 Å². The molecular weight excluding hydrogens is 232 g/mol. The highest BCUT2D eigenvalue weighted by Crippen LogP contribution is 2.18. The van der Waals surface area contributed by atoms with E-state index in [2.05, 4.69) is 11.7 Å². The highest BCUT2D eigenvalue weighted by atomic mass is 16.5. The van der Waals surface area contributed by atoms with Gasteiger partial charge in [-0.25, -0.2) is 0 Å². The molecule has 0 N–H and O–H groups in total. The van der Waals surface area contributed by atoms with Crippen molar-refractivity contribution in [2.24, 2.45) is 5.92 Å². The van der Waals surface area contributed by atoms with E-state index in [1.54, 1.807) is 0 Å². The van der Waals surface area contributed by atoms with Gasteiger partial charge >= 0.3 is 11.9 Å². The Morgan fingerprint density at radius 1 is 0.944 bits per heavy atom. The number of hydrogen-bond acceptors (Lipinski definition) is 4. The Hall–Kier alpha value is -1.06. The molecule has 0 aromatic heterocycles. The topological polar surface area (TPSA) is 52.6 Å². The zero-order valence-electron chi connectivity index (χ0n) is 11.9. The first kappa shape index (κ1) is 16.9. The molecule has 0 aliphatic carbocycles. The van der Waals surface area contributed by atoms with Crippen molar-refractivity contribution in [3.05, 3.63) is 0 Å². The lowest BCUT2D eigenvalue weighted by molar-refractivity contribution is -0.147. The van der Waals surface area contributed by atoms with Crippen molar-refractivity contribution in [2.75, 3.05) is 14.2 Å². The first-order valence-corrected chi connectivity index (χ1v) is 6.80. The lowest BCUT2D eigenvalue weighted by Gasteiger charge is -2.13. The summed E-state index contributed by atoms with van der Waals surface area (Å²) in [5.41, 5.74) is 0. The summed E-state index contributed by atoms with van der Waals surface area (Å²) >= 11 is 0. The van der Waals surface area contributed by atoms with E-state index in [0.29, 0.717) is 19.3 Å². The second kappa shape index (κ2) is 11.1. The van der Waals surface area contributed by atoms with Crippen LogP contribution in [0, 0.1) is 5.92 Å². The van der Waals surface area contributed by atoms with Crippen molar-refractivity contribution in [3.63, 3.8) is 0 Å². The predicted octanol–water partition coefficient (Wildman–Crippen LogP) is 3.09. The van der Waals surface area contributed by atoms with Gasteiger partial charge in [-0.1, -0.05) is 32.6 Å². The minimum atomic E-state index is -0.218. The minimum Gasteiger partial charge on any atom is -0.469 e. The Morgan fingerprint density at radius 3 is 2.17 bits per heavy atom. The molecular formula is C14H26O4. The fourth-order valence-corrected chi connectivity index (χ4v) is 1.96. The third-order valence-electron chi connectivity index (χ3n) is 3.10. The summed E-state index contributed by atoms with van der Waals surface area (Å²) < 4.78 is 9.37. The smallest absolute Gasteiger partial charge is 0.308 e. The quantitative estimate of drug-likeness (QED) is 0.446. The van der Waals surface area contributed by atoms with E-state index in [0.717, 1.165) is 19.3 Å². The summed E-state index contributed by atoms with van der Waals surface area (Å²) in [7, 11) is 2.80. The maximum absolute atomic E-state index is 11.6. The Kier molecular flexibility index (Phi) is 10.4. The van der Waals surface area contributed by atoms with E-state index in [-0.39, 0.29) is 17.9 Å². The van der Waals surface area contributed by atoms with Gasteiger partial charge in [0, 0.05) is 6.42 Å². The molecule has 1 atom stereocenters. The van der Waals surface area contributed by atoms with Crippen molar-refractivity contribution < 1.29 is 19.1 Å². The molecule has 1 unspecified atom stereocenters. The monoisotopic (exact) mass is 258 g/mol. The summed E-state index contributed by atoms with van der Waals surface area (Å²) in [5.74, 6) is -0.447. The Morgan fingerprint density at radius 2 is 1.61 bits per heavy atom. The normalized spacial score (nSPS) is 11.9. The third-order valence-corrected chi connectivity index (χ3v) is 3.10. The van der Waals surface area contributed by atoms with E-state index in [1.165, 1.54) is 27.1 Å². The zero-order valence-corrected chi connectivity index (χ0v) is 11.9. The summed E-state index contributed by atoms with van der Waals surface area (Å²) in [6.07, 6.45) is 7.20. The second-order valence-electron chi connectivity index (χ2n) is 4.54. The van der Waals surface area contributed by atoms with Gasteiger partial charge in [0.1, 0.15) is 0 Å². The molecule has 0 aliphatic heterocycles. The van der Waals surface area contributed by atoms with Crippen LogP contribution < -0.4 is 0 Å². The SMILES string of the molecule is CCCCCCC(CCCC(=O)OC)C(=O)OC. The number of esters is 2. The molecule has 18 heavy (non-hydrogen) atoms. The second-order valence-corrected chi connectivity index (χ2v) is 4.54. The molecule has 0 saturated heterocycles. The van der Waals surface area contributed by atoms with E-state index in [4.69, 9.17) is 4.74 Å². The highest BCUT2D eigenvalue weighted by molar-refractivity contribution is 5.72.